The van der Waals surface area contributed by atoms with Crippen molar-refractivity contribution in [1.82, 2.24) is 14.7 Å². The van der Waals surface area contributed by atoms with E-state index in [1.54, 1.807) is 9.80 Å². The smallest absolute Gasteiger partial charge is 0.254 e. The average Bonchev–Trinajstić information content (AvgIpc) is 3.23. The van der Waals surface area contributed by atoms with Crippen molar-refractivity contribution >= 4 is 17.7 Å². The minimum absolute atomic E-state index is 0.00143. The van der Waals surface area contributed by atoms with Crippen molar-refractivity contribution in [3.63, 3.8) is 0 Å². The van der Waals surface area contributed by atoms with E-state index in [4.69, 9.17) is 4.74 Å². The Labute approximate surface area is 167 Å². The highest BCUT2D eigenvalue weighted by atomic mass is 19.2. The molecule has 9 heteroatoms. The Morgan fingerprint density at radius 1 is 0.897 bits per heavy atom. The van der Waals surface area contributed by atoms with Gasteiger partial charge in [0, 0.05) is 51.4 Å². The highest BCUT2D eigenvalue weighted by Crippen LogP contribution is 2.23. The Bertz CT molecular complexity index is 814. The Morgan fingerprint density at radius 3 is 2.14 bits per heavy atom. The summed E-state index contributed by atoms with van der Waals surface area (Å²) in [7, 11) is 0. The molecule has 7 nitrogen and oxygen atoms in total. The highest BCUT2D eigenvalue weighted by molar-refractivity contribution is 5.96. The summed E-state index contributed by atoms with van der Waals surface area (Å²) in [6.45, 7) is 3.02. The van der Waals surface area contributed by atoms with Gasteiger partial charge in [-0.2, -0.15) is 0 Å². The van der Waals surface area contributed by atoms with Crippen molar-refractivity contribution in [3.05, 3.63) is 35.4 Å². The lowest BCUT2D eigenvalue weighted by atomic mass is 9.96. The summed E-state index contributed by atoms with van der Waals surface area (Å²) in [6, 6.07) is 3.03. The SMILES string of the molecule is O=C(c1ccc(F)c(F)c1)N1CC(C(=O)N2CCN(C(=O)[C@@H]3CCCO3)CC2)C1. The summed E-state index contributed by atoms with van der Waals surface area (Å²) in [5.41, 5.74) is 0.0658. The Hall–Kier alpha value is -2.55. The fraction of sp³-hybridized carbons (Fsp3) is 0.550. The molecule has 3 aliphatic rings. The van der Waals surface area contributed by atoms with Gasteiger partial charge in [0.25, 0.3) is 11.8 Å². The van der Waals surface area contributed by atoms with Crippen molar-refractivity contribution in [2.45, 2.75) is 18.9 Å². The van der Waals surface area contributed by atoms with Gasteiger partial charge in [-0.25, -0.2) is 8.78 Å². The van der Waals surface area contributed by atoms with Crippen LogP contribution >= 0.6 is 0 Å². The highest BCUT2D eigenvalue weighted by Gasteiger charge is 2.39. The van der Waals surface area contributed by atoms with Gasteiger partial charge < -0.3 is 19.4 Å². The van der Waals surface area contributed by atoms with Crippen LogP contribution in [0.15, 0.2) is 18.2 Å². The van der Waals surface area contributed by atoms with E-state index >= 15 is 0 Å². The molecule has 0 spiro atoms. The van der Waals surface area contributed by atoms with Gasteiger partial charge in [-0.3, -0.25) is 14.4 Å². The molecule has 0 bridgehead atoms. The third-order valence-corrected chi connectivity index (χ3v) is 5.79. The summed E-state index contributed by atoms with van der Waals surface area (Å²) < 4.78 is 31.8. The summed E-state index contributed by atoms with van der Waals surface area (Å²) in [4.78, 5) is 42.3. The minimum atomic E-state index is -1.07. The molecule has 1 aromatic rings. The first-order valence-corrected chi connectivity index (χ1v) is 9.87. The van der Waals surface area contributed by atoms with Crippen molar-refractivity contribution < 1.29 is 27.9 Å². The Kier molecular flexibility index (Phi) is 5.49. The van der Waals surface area contributed by atoms with E-state index in [1.165, 1.54) is 11.0 Å². The van der Waals surface area contributed by atoms with Crippen molar-refractivity contribution in [2.24, 2.45) is 5.92 Å². The Balaban J connectivity index is 1.25. The zero-order valence-electron chi connectivity index (χ0n) is 16.0. The number of carbonyl (C=O) groups is 3. The van der Waals surface area contributed by atoms with Crippen LogP contribution in [0, 0.1) is 17.6 Å². The van der Waals surface area contributed by atoms with Crippen LogP contribution in [-0.4, -0.2) is 84.4 Å². The van der Waals surface area contributed by atoms with E-state index in [-0.39, 0.29) is 42.5 Å². The first-order valence-electron chi connectivity index (χ1n) is 9.87. The number of ether oxygens (including phenoxy) is 1. The van der Waals surface area contributed by atoms with Crippen molar-refractivity contribution in [3.8, 4) is 0 Å². The fourth-order valence-corrected chi connectivity index (χ4v) is 3.99. The van der Waals surface area contributed by atoms with Gasteiger partial charge in [0.1, 0.15) is 6.10 Å². The zero-order valence-corrected chi connectivity index (χ0v) is 16.0. The molecule has 0 aromatic heterocycles. The van der Waals surface area contributed by atoms with Crippen LogP contribution in [0.2, 0.25) is 0 Å². The van der Waals surface area contributed by atoms with Crippen molar-refractivity contribution in [1.29, 1.82) is 0 Å². The van der Waals surface area contributed by atoms with Gasteiger partial charge in [0.15, 0.2) is 11.6 Å². The average molecular weight is 407 g/mol. The molecule has 3 aliphatic heterocycles. The normalized spacial score (nSPS) is 22.6. The monoisotopic (exact) mass is 407 g/mol. The standard InChI is InChI=1S/C20H23F2N3O4/c21-15-4-3-13(10-16(15)22)18(26)25-11-14(12-25)19(27)23-5-7-24(8-6-23)20(28)17-2-1-9-29-17/h3-4,10,14,17H,1-2,5-9,11-12H2/t17-/m0/s1. The van der Waals surface area contributed by atoms with Gasteiger partial charge in [-0.05, 0) is 31.0 Å². The maximum absolute atomic E-state index is 13.3. The molecule has 3 amide bonds. The van der Waals surface area contributed by atoms with Gasteiger partial charge in [0.2, 0.25) is 5.91 Å². The molecule has 1 aromatic carbocycles. The third-order valence-electron chi connectivity index (χ3n) is 5.79. The molecule has 0 aliphatic carbocycles. The van der Waals surface area contributed by atoms with Gasteiger partial charge in [0.05, 0.1) is 5.92 Å². The van der Waals surface area contributed by atoms with Crippen LogP contribution in [0.1, 0.15) is 23.2 Å². The molecular weight excluding hydrogens is 384 g/mol. The number of hydrogen-bond donors (Lipinski definition) is 0. The number of rotatable bonds is 3. The molecule has 0 radical (unpaired) electrons. The molecule has 3 saturated heterocycles. The number of likely N-dealkylation sites (tertiary alicyclic amines) is 1. The molecule has 1 atom stereocenters. The molecule has 0 saturated carbocycles. The van der Waals surface area contributed by atoms with E-state index in [0.717, 1.165) is 25.0 Å². The number of halogens is 2. The van der Waals surface area contributed by atoms with E-state index in [0.29, 0.717) is 32.8 Å². The number of hydrogen-bond acceptors (Lipinski definition) is 4. The van der Waals surface area contributed by atoms with Crippen LogP contribution < -0.4 is 0 Å². The summed E-state index contributed by atoms with van der Waals surface area (Å²) in [5.74, 6) is -2.83. The van der Waals surface area contributed by atoms with Gasteiger partial charge in [-0.15, -0.1) is 0 Å². The predicted molar refractivity (Wildman–Crippen MR) is 97.9 cm³/mol. The molecule has 29 heavy (non-hydrogen) atoms. The van der Waals surface area contributed by atoms with Crippen LogP contribution in [-0.2, 0) is 14.3 Å². The number of carbonyl (C=O) groups excluding carboxylic acids is 3. The summed E-state index contributed by atoms with van der Waals surface area (Å²) >= 11 is 0. The summed E-state index contributed by atoms with van der Waals surface area (Å²) in [5, 5.41) is 0. The van der Waals surface area contributed by atoms with Crippen LogP contribution in [0.3, 0.4) is 0 Å². The lowest BCUT2D eigenvalue weighted by molar-refractivity contribution is -0.149. The van der Waals surface area contributed by atoms with Crippen molar-refractivity contribution in [2.75, 3.05) is 45.9 Å². The lowest BCUT2D eigenvalue weighted by Gasteiger charge is -2.43. The number of amides is 3. The number of benzene rings is 1. The molecule has 156 valence electrons. The van der Waals surface area contributed by atoms with Crippen LogP contribution in [0.5, 0.6) is 0 Å². The topological polar surface area (TPSA) is 70.2 Å². The third kappa shape index (κ3) is 3.96. The second-order valence-corrected chi connectivity index (χ2v) is 7.69. The van der Waals surface area contributed by atoms with E-state index in [9.17, 15) is 23.2 Å². The lowest BCUT2D eigenvalue weighted by Crippen LogP contribution is -2.60. The maximum atomic E-state index is 13.3. The molecule has 3 fully saturated rings. The maximum Gasteiger partial charge on any atom is 0.254 e. The van der Waals surface area contributed by atoms with Gasteiger partial charge in [-0.1, -0.05) is 0 Å². The molecular formula is C20H23F2N3O4. The minimum Gasteiger partial charge on any atom is -0.368 e. The molecule has 4 rings (SSSR count). The zero-order chi connectivity index (χ0) is 20.5. The predicted octanol–water partition coefficient (Wildman–Crippen LogP) is 0.887. The quantitative estimate of drug-likeness (QED) is 0.746. The molecule has 0 N–H and O–H groups in total. The molecule has 3 heterocycles. The largest absolute Gasteiger partial charge is 0.368 e. The second kappa shape index (κ2) is 8.06. The van der Waals surface area contributed by atoms with Crippen LogP contribution in [0.4, 0.5) is 8.78 Å². The fourth-order valence-electron chi connectivity index (χ4n) is 3.99. The first kappa shape index (κ1) is 19.8. The van der Waals surface area contributed by atoms with Gasteiger partial charge >= 0.3 is 0 Å². The summed E-state index contributed by atoms with van der Waals surface area (Å²) in [6.07, 6.45) is 1.30. The van der Waals surface area contributed by atoms with E-state index in [1.807, 2.05) is 0 Å². The Morgan fingerprint density at radius 2 is 1.55 bits per heavy atom. The molecule has 0 unspecified atom stereocenters. The number of piperazine rings is 1. The first-order chi connectivity index (χ1) is 13.9. The second-order valence-electron chi connectivity index (χ2n) is 7.69. The van der Waals surface area contributed by atoms with Crippen LogP contribution in [0.25, 0.3) is 0 Å². The number of nitrogens with zero attached hydrogens (tertiary/aromatic N) is 3. The van der Waals surface area contributed by atoms with E-state index in [2.05, 4.69) is 0 Å². The van der Waals surface area contributed by atoms with E-state index < -0.39 is 17.5 Å².